The summed E-state index contributed by atoms with van der Waals surface area (Å²) in [5.41, 5.74) is 5.27. The quantitative estimate of drug-likeness (QED) is 0.447. The van der Waals surface area contributed by atoms with E-state index in [0.29, 0.717) is 12.0 Å². The van der Waals surface area contributed by atoms with Gasteiger partial charge in [-0.1, -0.05) is 23.3 Å². The molecule has 0 aliphatic heterocycles. The normalized spacial score (nSPS) is 11.9. The van der Waals surface area contributed by atoms with Gasteiger partial charge in [-0.25, -0.2) is 4.39 Å². The van der Waals surface area contributed by atoms with E-state index in [9.17, 15) is 4.39 Å². The largest absolute Gasteiger partial charge is 0.262 e. The fourth-order valence-corrected chi connectivity index (χ4v) is 4.05. The summed E-state index contributed by atoms with van der Waals surface area (Å²) < 4.78 is 16.1. The Morgan fingerprint density at radius 3 is 2.65 bits per heavy atom. The highest BCUT2D eigenvalue weighted by Crippen LogP contribution is 2.30. The number of aromatic nitrogens is 3. The Bertz CT molecular complexity index is 815. The number of allylic oxidation sites excluding steroid dienone is 3. The van der Waals surface area contributed by atoms with E-state index in [0.717, 1.165) is 22.0 Å². The van der Waals surface area contributed by atoms with Crippen molar-refractivity contribution in [2.24, 2.45) is 0 Å². The van der Waals surface area contributed by atoms with Crippen LogP contribution >= 0.6 is 11.8 Å². The minimum absolute atomic E-state index is 0.259. The molecular formula is C21H28FN3S. The van der Waals surface area contributed by atoms with Crippen molar-refractivity contribution in [3.63, 3.8) is 0 Å². The van der Waals surface area contributed by atoms with Crippen LogP contribution in [-0.2, 0) is 6.42 Å². The molecule has 2 heterocycles. The van der Waals surface area contributed by atoms with E-state index in [4.69, 9.17) is 5.10 Å². The zero-order valence-electron chi connectivity index (χ0n) is 16.5. The summed E-state index contributed by atoms with van der Waals surface area (Å²) in [7, 11) is 0. The van der Waals surface area contributed by atoms with Gasteiger partial charge in [0.2, 0.25) is 0 Å². The lowest BCUT2D eigenvalue weighted by atomic mass is 10.1. The molecule has 0 unspecified atom stereocenters. The summed E-state index contributed by atoms with van der Waals surface area (Å²) >= 11 is 1.76. The van der Waals surface area contributed by atoms with Gasteiger partial charge in [0.25, 0.3) is 0 Å². The van der Waals surface area contributed by atoms with Crippen LogP contribution in [-0.4, -0.2) is 20.5 Å². The van der Waals surface area contributed by atoms with Crippen LogP contribution in [0.2, 0.25) is 0 Å². The van der Waals surface area contributed by atoms with Crippen LogP contribution in [0.4, 0.5) is 4.39 Å². The standard InChI is InChI=1S/C21H28FN3S/c1-14(2)11-16(5)8-10-26-21-19(17(6)24-25(21)15(3)4)12-18-7-9-23-13-20(18)22/h7-9,11,13,15H,10,12H2,1-6H3/b16-8-. The molecule has 0 aliphatic rings. The van der Waals surface area contributed by atoms with Crippen molar-refractivity contribution in [2.45, 2.75) is 59.0 Å². The van der Waals surface area contributed by atoms with Gasteiger partial charge in [-0.3, -0.25) is 9.67 Å². The summed E-state index contributed by atoms with van der Waals surface area (Å²) in [6, 6.07) is 2.00. The molecule has 0 spiro atoms. The second-order valence-corrected chi connectivity index (χ2v) is 8.04. The first-order valence-corrected chi connectivity index (χ1v) is 9.89. The van der Waals surface area contributed by atoms with Gasteiger partial charge in [-0.15, -0.1) is 11.8 Å². The second kappa shape index (κ2) is 9.17. The highest BCUT2D eigenvalue weighted by atomic mass is 32.2. The summed E-state index contributed by atoms with van der Waals surface area (Å²) in [4.78, 5) is 3.84. The van der Waals surface area contributed by atoms with E-state index in [1.165, 1.54) is 17.3 Å². The van der Waals surface area contributed by atoms with Crippen molar-refractivity contribution in [1.29, 1.82) is 0 Å². The van der Waals surface area contributed by atoms with Crippen LogP contribution in [0.15, 0.2) is 46.8 Å². The molecule has 3 nitrogen and oxygen atoms in total. The maximum absolute atomic E-state index is 14.1. The smallest absolute Gasteiger partial charge is 0.145 e. The van der Waals surface area contributed by atoms with Gasteiger partial charge >= 0.3 is 0 Å². The lowest BCUT2D eigenvalue weighted by molar-refractivity contribution is 0.489. The average Bonchev–Trinajstić information content (AvgIpc) is 2.86. The van der Waals surface area contributed by atoms with Crippen LogP contribution in [0.25, 0.3) is 0 Å². The topological polar surface area (TPSA) is 30.7 Å². The predicted molar refractivity (Wildman–Crippen MR) is 108 cm³/mol. The van der Waals surface area contributed by atoms with Crippen molar-refractivity contribution in [1.82, 2.24) is 14.8 Å². The molecule has 140 valence electrons. The molecule has 0 bridgehead atoms. The van der Waals surface area contributed by atoms with Crippen molar-refractivity contribution in [2.75, 3.05) is 5.75 Å². The number of hydrogen-bond donors (Lipinski definition) is 0. The predicted octanol–water partition coefficient (Wildman–Crippen LogP) is 5.90. The highest BCUT2D eigenvalue weighted by Gasteiger charge is 2.18. The van der Waals surface area contributed by atoms with Crippen molar-refractivity contribution in [3.05, 3.63) is 64.4 Å². The number of rotatable bonds is 7. The molecule has 0 radical (unpaired) electrons. The van der Waals surface area contributed by atoms with Crippen molar-refractivity contribution in [3.8, 4) is 0 Å². The van der Waals surface area contributed by atoms with Crippen molar-refractivity contribution >= 4 is 11.8 Å². The third kappa shape index (κ3) is 5.31. The summed E-state index contributed by atoms with van der Waals surface area (Å²) in [6.45, 7) is 12.6. The van der Waals surface area contributed by atoms with Crippen LogP contribution in [0.3, 0.4) is 0 Å². The molecule has 0 aliphatic carbocycles. The van der Waals surface area contributed by atoms with Gasteiger partial charge in [-0.05, 0) is 53.2 Å². The fraction of sp³-hybridized carbons (Fsp3) is 0.429. The molecule has 0 saturated heterocycles. The number of pyridine rings is 1. The van der Waals surface area contributed by atoms with Gasteiger partial charge in [0, 0.05) is 30.0 Å². The van der Waals surface area contributed by atoms with Crippen LogP contribution < -0.4 is 0 Å². The molecule has 2 aromatic rings. The van der Waals surface area contributed by atoms with Crippen LogP contribution in [0.1, 0.15) is 57.5 Å². The molecule has 5 heteroatoms. The molecule has 0 fully saturated rings. The first-order valence-electron chi connectivity index (χ1n) is 8.90. The Labute approximate surface area is 160 Å². The summed E-state index contributed by atoms with van der Waals surface area (Å²) in [5.74, 6) is 0.596. The molecule has 0 saturated carbocycles. The Kier molecular flexibility index (Phi) is 7.21. The van der Waals surface area contributed by atoms with E-state index in [1.54, 1.807) is 24.0 Å². The minimum Gasteiger partial charge on any atom is -0.262 e. The molecule has 0 atom stereocenters. The Hall–Kier alpha value is -1.88. The van der Waals surface area contributed by atoms with E-state index in [1.807, 2.05) is 6.92 Å². The molecular weight excluding hydrogens is 345 g/mol. The third-order valence-electron chi connectivity index (χ3n) is 4.02. The van der Waals surface area contributed by atoms with Gasteiger partial charge in [0.05, 0.1) is 16.9 Å². The molecule has 2 rings (SSSR count). The van der Waals surface area contributed by atoms with Crippen molar-refractivity contribution < 1.29 is 4.39 Å². The maximum Gasteiger partial charge on any atom is 0.145 e. The first kappa shape index (κ1) is 20.4. The number of thioether (sulfide) groups is 1. The van der Waals surface area contributed by atoms with Crippen LogP contribution in [0, 0.1) is 12.7 Å². The SMILES string of the molecule is CC(C)=C/C(C)=C\CSc1c(Cc2ccncc2F)c(C)nn1C(C)C. The number of nitrogens with zero attached hydrogens (tertiary/aromatic N) is 3. The Morgan fingerprint density at radius 1 is 1.31 bits per heavy atom. The van der Waals surface area contributed by atoms with Gasteiger partial charge < -0.3 is 0 Å². The van der Waals surface area contributed by atoms with E-state index in [-0.39, 0.29) is 11.9 Å². The Morgan fingerprint density at radius 2 is 2.04 bits per heavy atom. The third-order valence-corrected chi connectivity index (χ3v) is 5.06. The maximum atomic E-state index is 14.1. The monoisotopic (exact) mass is 373 g/mol. The lowest BCUT2D eigenvalue weighted by Gasteiger charge is -2.12. The minimum atomic E-state index is -0.264. The number of aryl methyl sites for hydroxylation is 1. The molecule has 0 aromatic carbocycles. The second-order valence-electron chi connectivity index (χ2n) is 7.03. The zero-order chi connectivity index (χ0) is 19.3. The van der Waals surface area contributed by atoms with Gasteiger partial charge in [-0.2, -0.15) is 5.10 Å². The Balaban J connectivity index is 2.31. The van der Waals surface area contributed by atoms with E-state index >= 15 is 0 Å². The van der Waals surface area contributed by atoms with Gasteiger partial charge in [0.1, 0.15) is 5.82 Å². The lowest BCUT2D eigenvalue weighted by Crippen LogP contribution is -2.05. The summed E-state index contributed by atoms with van der Waals surface area (Å²) in [6.07, 6.45) is 7.85. The first-order chi connectivity index (χ1) is 12.3. The molecule has 0 N–H and O–H groups in total. The molecule has 2 aromatic heterocycles. The zero-order valence-corrected chi connectivity index (χ0v) is 17.3. The van der Waals surface area contributed by atoms with E-state index < -0.39 is 0 Å². The molecule has 0 amide bonds. The number of hydrogen-bond acceptors (Lipinski definition) is 3. The van der Waals surface area contributed by atoms with Gasteiger partial charge in [0.15, 0.2) is 0 Å². The molecule has 26 heavy (non-hydrogen) atoms. The van der Waals surface area contributed by atoms with E-state index in [2.05, 4.69) is 56.4 Å². The average molecular weight is 374 g/mol. The highest BCUT2D eigenvalue weighted by molar-refractivity contribution is 7.99. The fourth-order valence-electron chi connectivity index (χ4n) is 2.77. The van der Waals surface area contributed by atoms with Crippen LogP contribution in [0.5, 0.6) is 0 Å². The number of halogens is 1. The summed E-state index contributed by atoms with van der Waals surface area (Å²) in [5, 5.41) is 5.83.